The molecule has 4 aromatic rings. The smallest absolute Gasteiger partial charge is 0.168 e. The Hall–Kier alpha value is -3.98. The summed E-state index contributed by atoms with van der Waals surface area (Å²) in [6.45, 7) is 3.72. The lowest BCUT2D eigenvalue weighted by molar-refractivity contribution is 0.437. The lowest BCUT2D eigenvalue weighted by Gasteiger charge is -2.14. The Morgan fingerprint density at radius 1 is 1.13 bits per heavy atom. The molecular weight excluding hydrogens is 384 g/mol. The van der Waals surface area contributed by atoms with Crippen LogP contribution in [0.4, 0.5) is 8.78 Å². The number of hydrogen-bond donors (Lipinski definition) is 1. The number of ether oxygens (including phenoxy) is 1. The summed E-state index contributed by atoms with van der Waals surface area (Å²) >= 11 is 0. The van der Waals surface area contributed by atoms with Crippen LogP contribution in [0.25, 0.3) is 10.9 Å². The predicted octanol–water partition coefficient (Wildman–Crippen LogP) is 5.82. The topological polar surface area (TPSA) is 61.7 Å². The van der Waals surface area contributed by atoms with Crippen LogP contribution in [-0.2, 0) is 12.8 Å². The van der Waals surface area contributed by atoms with E-state index in [2.05, 4.69) is 16.5 Å². The number of nitrogens with zero attached hydrogens (tertiary/aromatic N) is 2. The standard InChI is InChI=1S/C24H17F2N3O/c1-2-3-15-4-5-17(29-14-15)11-20-19-8-9-28-23(19)12-22(26)24(20)30-18-6-7-21(25)16(10-18)13-27/h2,4-10,12,14,28H,1,3,11H2. The monoisotopic (exact) mass is 401 g/mol. The average molecular weight is 401 g/mol. The van der Waals surface area contributed by atoms with Crippen LogP contribution in [0.5, 0.6) is 11.5 Å². The van der Waals surface area contributed by atoms with Crippen molar-refractivity contribution in [1.82, 2.24) is 9.97 Å². The maximum atomic E-state index is 15.0. The van der Waals surface area contributed by atoms with Crippen LogP contribution in [-0.4, -0.2) is 9.97 Å². The molecule has 148 valence electrons. The number of benzene rings is 2. The number of aromatic nitrogens is 2. The van der Waals surface area contributed by atoms with Crippen LogP contribution < -0.4 is 4.74 Å². The third kappa shape index (κ3) is 3.78. The minimum Gasteiger partial charge on any atom is -0.454 e. The van der Waals surface area contributed by atoms with Crippen molar-refractivity contribution >= 4 is 10.9 Å². The van der Waals surface area contributed by atoms with Crippen molar-refractivity contribution in [2.75, 3.05) is 0 Å². The quantitative estimate of drug-likeness (QED) is 0.414. The van der Waals surface area contributed by atoms with Crippen molar-refractivity contribution in [1.29, 1.82) is 5.26 Å². The molecule has 0 bridgehead atoms. The number of nitriles is 1. The fraction of sp³-hybridized carbons (Fsp3) is 0.0833. The molecule has 6 heteroatoms. The largest absolute Gasteiger partial charge is 0.454 e. The van der Waals surface area contributed by atoms with Crippen molar-refractivity contribution in [3.63, 3.8) is 0 Å². The van der Waals surface area contributed by atoms with Gasteiger partial charge in [0.25, 0.3) is 0 Å². The second-order valence-corrected chi connectivity index (χ2v) is 6.79. The number of rotatable bonds is 6. The summed E-state index contributed by atoms with van der Waals surface area (Å²) < 4.78 is 34.4. The van der Waals surface area contributed by atoms with E-state index >= 15 is 0 Å². The average Bonchev–Trinajstić information content (AvgIpc) is 3.21. The molecule has 0 saturated heterocycles. The highest BCUT2D eigenvalue weighted by molar-refractivity contribution is 5.86. The molecule has 0 saturated carbocycles. The van der Waals surface area contributed by atoms with Gasteiger partial charge in [0.1, 0.15) is 17.6 Å². The van der Waals surface area contributed by atoms with Crippen molar-refractivity contribution in [3.8, 4) is 17.6 Å². The number of hydrogen-bond acceptors (Lipinski definition) is 3. The highest BCUT2D eigenvalue weighted by Crippen LogP contribution is 2.36. The van der Waals surface area contributed by atoms with Crippen molar-refractivity contribution in [2.45, 2.75) is 12.8 Å². The first-order valence-electron chi connectivity index (χ1n) is 9.29. The summed E-state index contributed by atoms with van der Waals surface area (Å²) in [5.41, 5.74) is 2.86. The molecule has 0 unspecified atom stereocenters. The van der Waals surface area contributed by atoms with E-state index in [4.69, 9.17) is 10.00 Å². The Bertz CT molecular complexity index is 1270. The van der Waals surface area contributed by atoms with E-state index in [1.807, 2.05) is 18.2 Å². The van der Waals surface area contributed by atoms with Crippen LogP contribution in [0.3, 0.4) is 0 Å². The number of H-pyrrole nitrogens is 1. The minimum atomic E-state index is -0.657. The van der Waals surface area contributed by atoms with E-state index in [0.717, 1.165) is 29.1 Å². The Morgan fingerprint density at radius 3 is 2.73 bits per heavy atom. The lowest BCUT2D eigenvalue weighted by atomic mass is 10.0. The molecule has 0 aliphatic heterocycles. The third-order valence-electron chi connectivity index (χ3n) is 4.77. The first-order valence-corrected chi connectivity index (χ1v) is 9.29. The Balaban J connectivity index is 1.76. The molecule has 2 aromatic carbocycles. The molecule has 0 spiro atoms. The molecule has 4 rings (SSSR count). The number of halogens is 2. The van der Waals surface area contributed by atoms with Crippen molar-refractivity contribution in [3.05, 3.63) is 102 Å². The van der Waals surface area contributed by atoms with Gasteiger partial charge in [0.2, 0.25) is 0 Å². The maximum Gasteiger partial charge on any atom is 0.168 e. The Labute approximate surface area is 172 Å². The van der Waals surface area contributed by atoms with Gasteiger partial charge < -0.3 is 9.72 Å². The zero-order valence-electron chi connectivity index (χ0n) is 16.0. The molecule has 0 amide bonds. The van der Waals surface area contributed by atoms with E-state index in [-0.39, 0.29) is 17.1 Å². The molecule has 2 aromatic heterocycles. The fourth-order valence-electron chi connectivity index (χ4n) is 3.31. The molecular formula is C24H17F2N3O. The Morgan fingerprint density at radius 2 is 2.00 bits per heavy atom. The zero-order valence-corrected chi connectivity index (χ0v) is 16.0. The summed E-state index contributed by atoms with van der Waals surface area (Å²) in [5, 5.41) is 9.85. The number of pyridine rings is 1. The molecule has 2 heterocycles. The van der Waals surface area contributed by atoms with E-state index in [0.29, 0.717) is 17.5 Å². The summed E-state index contributed by atoms with van der Waals surface area (Å²) in [6.07, 6.45) is 6.35. The highest BCUT2D eigenvalue weighted by atomic mass is 19.1. The molecule has 30 heavy (non-hydrogen) atoms. The molecule has 0 fully saturated rings. The molecule has 0 atom stereocenters. The van der Waals surface area contributed by atoms with Gasteiger partial charge in [-0.25, -0.2) is 8.78 Å². The summed E-state index contributed by atoms with van der Waals surface area (Å²) in [5.74, 6) is -1.02. The molecule has 0 radical (unpaired) electrons. The van der Waals surface area contributed by atoms with Gasteiger partial charge in [-0.2, -0.15) is 5.26 Å². The van der Waals surface area contributed by atoms with Crippen LogP contribution >= 0.6 is 0 Å². The number of aromatic amines is 1. The van der Waals surface area contributed by atoms with Gasteiger partial charge in [0.15, 0.2) is 11.6 Å². The van der Waals surface area contributed by atoms with Gasteiger partial charge in [0, 0.05) is 53.1 Å². The second kappa shape index (κ2) is 8.18. The number of fused-ring (bicyclic) bond motifs is 1. The molecule has 1 N–H and O–H groups in total. The summed E-state index contributed by atoms with van der Waals surface area (Å²) in [7, 11) is 0. The van der Waals surface area contributed by atoms with Gasteiger partial charge >= 0.3 is 0 Å². The highest BCUT2D eigenvalue weighted by Gasteiger charge is 2.18. The molecule has 0 aliphatic carbocycles. The predicted molar refractivity (Wildman–Crippen MR) is 110 cm³/mol. The van der Waals surface area contributed by atoms with E-state index in [9.17, 15) is 8.78 Å². The fourth-order valence-corrected chi connectivity index (χ4v) is 3.31. The lowest BCUT2D eigenvalue weighted by Crippen LogP contribution is -2.00. The van der Waals surface area contributed by atoms with E-state index in [1.54, 1.807) is 24.5 Å². The summed E-state index contributed by atoms with van der Waals surface area (Å²) in [4.78, 5) is 7.48. The maximum absolute atomic E-state index is 15.0. The minimum absolute atomic E-state index is 0.0227. The molecule has 0 aliphatic rings. The SMILES string of the molecule is C=CCc1ccc(Cc2c(Oc3ccc(F)c(C#N)c3)c(F)cc3[nH]ccc23)nc1. The van der Waals surface area contributed by atoms with Crippen LogP contribution in [0, 0.1) is 23.0 Å². The summed E-state index contributed by atoms with van der Waals surface area (Å²) in [6, 6.07) is 12.5. The zero-order chi connectivity index (χ0) is 21.1. The van der Waals surface area contributed by atoms with Crippen LogP contribution in [0.1, 0.15) is 22.4 Å². The van der Waals surface area contributed by atoms with E-state index < -0.39 is 11.6 Å². The van der Waals surface area contributed by atoms with Gasteiger partial charge in [0.05, 0.1) is 5.56 Å². The van der Waals surface area contributed by atoms with Gasteiger partial charge in [-0.15, -0.1) is 6.58 Å². The first-order chi connectivity index (χ1) is 14.6. The Kier molecular flexibility index (Phi) is 5.27. The first kappa shape index (κ1) is 19.3. The van der Waals surface area contributed by atoms with Gasteiger partial charge in [-0.05, 0) is 36.2 Å². The molecule has 4 nitrogen and oxygen atoms in total. The van der Waals surface area contributed by atoms with Gasteiger partial charge in [-0.3, -0.25) is 4.98 Å². The number of allylic oxidation sites excluding steroid dienone is 1. The van der Waals surface area contributed by atoms with E-state index in [1.165, 1.54) is 18.2 Å². The number of nitrogens with one attached hydrogen (secondary N) is 1. The normalized spacial score (nSPS) is 10.7. The van der Waals surface area contributed by atoms with Crippen LogP contribution in [0.15, 0.2) is 67.5 Å². The van der Waals surface area contributed by atoms with Gasteiger partial charge in [-0.1, -0.05) is 12.1 Å². The second-order valence-electron chi connectivity index (χ2n) is 6.79. The van der Waals surface area contributed by atoms with Crippen molar-refractivity contribution < 1.29 is 13.5 Å². The third-order valence-corrected chi connectivity index (χ3v) is 4.77. The van der Waals surface area contributed by atoms with Crippen LogP contribution in [0.2, 0.25) is 0 Å². The van der Waals surface area contributed by atoms with Crippen molar-refractivity contribution in [2.24, 2.45) is 0 Å².